The third-order valence-electron chi connectivity index (χ3n) is 4.08. The van der Waals surface area contributed by atoms with E-state index < -0.39 is 11.8 Å². The third-order valence-corrected chi connectivity index (χ3v) is 4.08. The molecular weight excluding hydrogens is 318 g/mol. The van der Waals surface area contributed by atoms with Crippen molar-refractivity contribution in [3.63, 3.8) is 0 Å². The molecule has 1 saturated heterocycles. The van der Waals surface area contributed by atoms with Gasteiger partial charge in [-0.05, 0) is 43.4 Å². The van der Waals surface area contributed by atoms with Crippen molar-refractivity contribution in [1.82, 2.24) is 9.80 Å². The highest BCUT2D eigenvalue weighted by molar-refractivity contribution is 6.39. The number of ether oxygens (including phenoxy) is 1. The zero-order valence-electron chi connectivity index (χ0n) is 14.1. The number of carbonyl (C=O) groups excluding carboxylic acids is 2. The Morgan fingerprint density at radius 1 is 0.880 bits per heavy atom. The summed E-state index contributed by atoms with van der Waals surface area (Å²) in [4.78, 5) is 28.0. The lowest BCUT2D eigenvalue weighted by molar-refractivity contribution is -0.144. The summed E-state index contributed by atoms with van der Waals surface area (Å²) >= 11 is 0. The minimum atomic E-state index is -0.610. The minimum absolute atomic E-state index is 0.488. The molecule has 1 aliphatic rings. The molecular formula is C19H21N3O3. The first kappa shape index (κ1) is 17.0. The molecule has 25 heavy (non-hydrogen) atoms. The molecule has 1 aliphatic heterocycles. The van der Waals surface area contributed by atoms with Gasteiger partial charge in [-0.2, -0.15) is 0 Å². The number of amides is 2. The van der Waals surface area contributed by atoms with E-state index in [9.17, 15) is 9.59 Å². The lowest BCUT2D eigenvalue weighted by atomic mass is 10.2. The van der Waals surface area contributed by atoms with Crippen molar-refractivity contribution in [3.8, 4) is 11.5 Å². The molecule has 0 unspecified atom stereocenters. The SMILES string of the molecule is CN1CCN(C(=O)C(=O)Nc2ccc(Oc3ccccc3)cc2)CC1. The van der Waals surface area contributed by atoms with E-state index in [-0.39, 0.29) is 0 Å². The van der Waals surface area contributed by atoms with Crippen LogP contribution >= 0.6 is 0 Å². The zero-order chi connectivity index (χ0) is 17.6. The maximum atomic E-state index is 12.2. The second kappa shape index (κ2) is 7.81. The van der Waals surface area contributed by atoms with Gasteiger partial charge in [0.15, 0.2) is 0 Å². The average molecular weight is 339 g/mol. The maximum absolute atomic E-state index is 12.2. The summed E-state index contributed by atoms with van der Waals surface area (Å²) in [6.45, 7) is 2.72. The first-order valence-electron chi connectivity index (χ1n) is 8.23. The number of nitrogens with one attached hydrogen (secondary N) is 1. The van der Waals surface area contributed by atoms with Crippen LogP contribution in [0.2, 0.25) is 0 Å². The Kier molecular flexibility index (Phi) is 5.30. The molecule has 6 nitrogen and oxygen atoms in total. The number of piperazine rings is 1. The van der Waals surface area contributed by atoms with Crippen LogP contribution in [0.25, 0.3) is 0 Å². The quantitative estimate of drug-likeness (QED) is 0.871. The van der Waals surface area contributed by atoms with Gasteiger partial charge in [-0.25, -0.2) is 0 Å². The highest BCUT2D eigenvalue weighted by Gasteiger charge is 2.24. The van der Waals surface area contributed by atoms with E-state index in [1.165, 1.54) is 0 Å². The molecule has 0 aromatic heterocycles. The van der Waals surface area contributed by atoms with E-state index in [1.54, 1.807) is 29.2 Å². The van der Waals surface area contributed by atoms with Crippen LogP contribution in [0.15, 0.2) is 54.6 Å². The van der Waals surface area contributed by atoms with Crippen molar-refractivity contribution in [2.75, 3.05) is 38.5 Å². The first-order valence-corrected chi connectivity index (χ1v) is 8.23. The van der Waals surface area contributed by atoms with Gasteiger partial charge in [0.2, 0.25) is 0 Å². The van der Waals surface area contributed by atoms with E-state index in [1.807, 2.05) is 37.4 Å². The average Bonchev–Trinajstić information content (AvgIpc) is 2.64. The van der Waals surface area contributed by atoms with E-state index in [2.05, 4.69) is 10.2 Å². The largest absolute Gasteiger partial charge is 0.457 e. The van der Waals surface area contributed by atoms with E-state index in [4.69, 9.17) is 4.74 Å². The summed E-state index contributed by atoms with van der Waals surface area (Å²) in [5.41, 5.74) is 0.563. The number of nitrogens with zero attached hydrogens (tertiary/aromatic N) is 2. The Morgan fingerprint density at radius 3 is 2.12 bits per heavy atom. The van der Waals surface area contributed by atoms with Crippen molar-refractivity contribution in [1.29, 1.82) is 0 Å². The smallest absolute Gasteiger partial charge is 0.313 e. The minimum Gasteiger partial charge on any atom is -0.457 e. The Morgan fingerprint density at radius 2 is 1.48 bits per heavy atom. The first-order chi connectivity index (χ1) is 12.1. The van der Waals surface area contributed by atoms with Crippen LogP contribution in [0.1, 0.15) is 0 Å². The summed E-state index contributed by atoms with van der Waals surface area (Å²) < 4.78 is 5.70. The van der Waals surface area contributed by atoms with Crippen LogP contribution in [-0.4, -0.2) is 54.8 Å². The fourth-order valence-electron chi connectivity index (χ4n) is 2.57. The van der Waals surface area contributed by atoms with E-state index in [0.717, 1.165) is 18.8 Å². The van der Waals surface area contributed by atoms with Crippen molar-refractivity contribution in [3.05, 3.63) is 54.6 Å². The number of benzene rings is 2. The molecule has 130 valence electrons. The summed E-state index contributed by atoms with van der Waals surface area (Å²) in [7, 11) is 2.00. The van der Waals surface area contributed by atoms with Crippen LogP contribution in [0.3, 0.4) is 0 Å². The fraction of sp³-hybridized carbons (Fsp3) is 0.263. The molecule has 0 atom stereocenters. The standard InChI is InChI=1S/C19H21N3O3/c1-21-11-13-22(14-12-21)19(24)18(23)20-15-7-9-17(10-8-15)25-16-5-3-2-4-6-16/h2-10H,11-14H2,1H3,(H,20,23). The summed E-state index contributed by atoms with van der Waals surface area (Å²) in [6, 6.07) is 16.4. The zero-order valence-corrected chi connectivity index (χ0v) is 14.1. The third kappa shape index (κ3) is 4.58. The van der Waals surface area contributed by atoms with Crippen LogP contribution < -0.4 is 10.1 Å². The van der Waals surface area contributed by atoms with Crippen molar-refractivity contribution >= 4 is 17.5 Å². The molecule has 2 aromatic rings. The monoisotopic (exact) mass is 339 g/mol. The van der Waals surface area contributed by atoms with Crippen LogP contribution in [0.5, 0.6) is 11.5 Å². The number of anilines is 1. The van der Waals surface area contributed by atoms with Crippen LogP contribution in [0.4, 0.5) is 5.69 Å². The predicted octanol–water partition coefficient (Wildman–Crippen LogP) is 2.19. The second-order valence-corrected chi connectivity index (χ2v) is 5.99. The van der Waals surface area contributed by atoms with Crippen molar-refractivity contribution in [2.45, 2.75) is 0 Å². The Bertz CT molecular complexity index is 723. The molecule has 0 spiro atoms. The Balaban J connectivity index is 1.55. The lowest BCUT2D eigenvalue weighted by Crippen LogP contribution is -2.50. The van der Waals surface area contributed by atoms with Gasteiger partial charge in [-0.1, -0.05) is 18.2 Å². The summed E-state index contributed by atoms with van der Waals surface area (Å²) in [5, 5.41) is 2.64. The molecule has 1 fully saturated rings. The second-order valence-electron chi connectivity index (χ2n) is 5.99. The molecule has 1 heterocycles. The van der Waals surface area contributed by atoms with Gasteiger partial charge in [0.25, 0.3) is 0 Å². The number of hydrogen-bond acceptors (Lipinski definition) is 4. The van der Waals surface area contributed by atoms with Gasteiger partial charge in [-0.3, -0.25) is 9.59 Å². The number of likely N-dealkylation sites (N-methyl/N-ethyl adjacent to an activating group) is 1. The fourth-order valence-corrected chi connectivity index (χ4v) is 2.57. The number of hydrogen-bond donors (Lipinski definition) is 1. The van der Waals surface area contributed by atoms with Gasteiger partial charge in [0.05, 0.1) is 0 Å². The highest BCUT2D eigenvalue weighted by Crippen LogP contribution is 2.22. The van der Waals surface area contributed by atoms with Crippen molar-refractivity contribution < 1.29 is 14.3 Å². The molecule has 3 rings (SSSR count). The molecule has 1 N–H and O–H groups in total. The molecule has 0 radical (unpaired) electrons. The molecule has 2 amide bonds. The van der Waals surface area contributed by atoms with Gasteiger partial charge in [0.1, 0.15) is 11.5 Å². The van der Waals surface area contributed by atoms with Crippen LogP contribution in [0, 0.1) is 0 Å². The predicted molar refractivity (Wildman–Crippen MR) is 95.7 cm³/mol. The normalized spacial score (nSPS) is 14.8. The molecule has 0 bridgehead atoms. The highest BCUT2D eigenvalue weighted by atomic mass is 16.5. The summed E-state index contributed by atoms with van der Waals surface area (Å²) in [6.07, 6.45) is 0. The maximum Gasteiger partial charge on any atom is 0.313 e. The van der Waals surface area contributed by atoms with E-state index in [0.29, 0.717) is 24.5 Å². The molecule has 6 heteroatoms. The van der Waals surface area contributed by atoms with Crippen molar-refractivity contribution in [2.24, 2.45) is 0 Å². The Hall–Kier alpha value is -2.86. The molecule has 0 saturated carbocycles. The van der Waals surface area contributed by atoms with Gasteiger partial charge in [0, 0.05) is 31.9 Å². The molecule has 2 aromatic carbocycles. The summed E-state index contributed by atoms with van der Waals surface area (Å²) in [5.74, 6) is 0.304. The van der Waals surface area contributed by atoms with Gasteiger partial charge in [-0.15, -0.1) is 0 Å². The number of para-hydroxylation sites is 1. The topological polar surface area (TPSA) is 61.9 Å². The van der Waals surface area contributed by atoms with Gasteiger partial charge >= 0.3 is 11.8 Å². The number of rotatable bonds is 3. The molecule has 0 aliphatic carbocycles. The lowest BCUT2D eigenvalue weighted by Gasteiger charge is -2.31. The van der Waals surface area contributed by atoms with Gasteiger partial charge < -0.3 is 19.9 Å². The van der Waals surface area contributed by atoms with Crippen LogP contribution in [-0.2, 0) is 9.59 Å². The number of carbonyl (C=O) groups is 2. The van der Waals surface area contributed by atoms with E-state index >= 15 is 0 Å². The Labute approximate surface area is 147 Å².